The Labute approximate surface area is 146 Å². The largest absolute Gasteiger partial charge is 0.478 e. The lowest BCUT2D eigenvalue weighted by molar-refractivity contribution is 0.0696. The Balaban J connectivity index is 2.25. The summed E-state index contributed by atoms with van der Waals surface area (Å²) < 4.78 is 50.2. The number of hydrogen-bond donors (Lipinski definition) is 2. The van der Waals surface area contributed by atoms with Crippen molar-refractivity contribution in [3.05, 3.63) is 59.7 Å². The van der Waals surface area contributed by atoms with Gasteiger partial charge in [0.05, 0.1) is 15.4 Å². The molecule has 1 atom stereocenters. The van der Waals surface area contributed by atoms with E-state index in [0.717, 1.165) is 12.3 Å². The van der Waals surface area contributed by atoms with Crippen LogP contribution >= 0.6 is 0 Å². The minimum absolute atomic E-state index is 0.131. The summed E-state index contributed by atoms with van der Waals surface area (Å²) in [5, 5.41) is 8.96. The molecule has 9 heteroatoms. The van der Waals surface area contributed by atoms with E-state index in [1.54, 1.807) is 6.92 Å². The van der Waals surface area contributed by atoms with Gasteiger partial charge in [0.25, 0.3) is 0 Å². The van der Waals surface area contributed by atoms with E-state index < -0.39 is 31.9 Å². The van der Waals surface area contributed by atoms with Gasteiger partial charge in [0.1, 0.15) is 0 Å². The minimum atomic E-state index is -3.93. The maximum absolute atomic E-state index is 12.4. The molecule has 7 nitrogen and oxygen atoms in total. The molecule has 134 valence electrons. The highest BCUT2D eigenvalue weighted by atomic mass is 32.2. The molecule has 0 aliphatic carbocycles. The molecule has 0 aromatic heterocycles. The predicted molar refractivity (Wildman–Crippen MR) is 91.7 cm³/mol. The molecule has 0 radical (unpaired) electrons. The zero-order chi connectivity index (χ0) is 18.8. The highest BCUT2D eigenvalue weighted by molar-refractivity contribution is 7.90. The predicted octanol–water partition coefficient (Wildman–Crippen LogP) is 1.83. The number of sulfonamides is 1. The lowest BCUT2D eigenvalue weighted by Gasteiger charge is -2.15. The van der Waals surface area contributed by atoms with Gasteiger partial charge in [-0.15, -0.1) is 0 Å². The van der Waals surface area contributed by atoms with Crippen LogP contribution in [0.15, 0.2) is 58.3 Å². The number of aromatic carboxylic acids is 1. The molecule has 0 amide bonds. The number of hydrogen-bond acceptors (Lipinski definition) is 5. The summed E-state index contributed by atoms with van der Waals surface area (Å²) in [6.07, 6.45) is 1.09. The third-order valence-electron chi connectivity index (χ3n) is 3.53. The Bertz CT molecular complexity index is 995. The molecular weight excluding hydrogens is 366 g/mol. The maximum atomic E-state index is 12.4. The van der Waals surface area contributed by atoms with Crippen molar-refractivity contribution < 1.29 is 26.7 Å². The molecular formula is C16H17NO6S2. The summed E-state index contributed by atoms with van der Waals surface area (Å²) >= 11 is 0. The van der Waals surface area contributed by atoms with Crippen molar-refractivity contribution in [2.75, 3.05) is 6.26 Å². The molecule has 25 heavy (non-hydrogen) atoms. The molecule has 0 fully saturated rings. The first-order valence-electron chi connectivity index (χ1n) is 7.16. The van der Waals surface area contributed by atoms with Crippen LogP contribution in [0.3, 0.4) is 0 Å². The second-order valence-electron chi connectivity index (χ2n) is 5.52. The number of nitrogens with one attached hydrogen (secondary N) is 1. The van der Waals surface area contributed by atoms with Gasteiger partial charge in [-0.25, -0.2) is 26.4 Å². The van der Waals surface area contributed by atoms with Gasteiger partial charge in [0, 0.05) is 12.3 Å². The summed E-state index contributed by atoms with van der Waals surface area (Å²) in [6, 6.07) is 10.2. The molecule has 0 heterocycles. The standard InChI is InChI=1S/C16H17NO6S2/c1-11(12-6-8-14(9-7-12)24(2,20)21)17-25(22,23)15-5-3-4-13(10-15)16(18)19/h3-11,17H,1-2H3,(H,18,19). The van der Waals surface area contributed by atoms with E-state index in [2.05, 4.69) is 4.72 Å². The number of carboxylic acid groups (broad SMARTS) is 1. The van der Waals surface area contributed by atoms with Gasteiger partial charge in [-0.2, -0.15) is 0 Å². The molecule has 2 aromatic rings. The summed E-state index contributed by atoms with van der Waals surface area (Å²) in [5.74, 6) is -1.22. The van der Waals surface area contributed by atoms with Crippen molar-refractivity contribution in [3.63, 3.8) is 0 Å². The Hall–Kier alpha value is -2.23. The smallest absolute Gasteiger partial charge is 0.335 e. The van der Waals surface area contributed by atoms with Crippen LogP contribution in [-0.4, -0.2) is 34.2 Å². The average molecular weight is 383 g/mol. The van der Waals surface area contributed by atoms with Crippen molar-refractivity contribution in [2.24, 2.45) is 0 Å². The molecule has 0 saturated heterocycles. The van der Waals surface area contributed by atoms with Crippen LogP contribution in [0, 0.1) is 0 Å². The van der Waals surface area contributed by atoms with Gasteiger partial charge in [0.2, 0.25) is 10.0 Å². The van der Waals surface area contributed by atoms with E-state index in [9.17, 15) is 21.6 Å². The number of carboxylic acids is 1. The van der Waals surface area contributed by atoms with Crippen LogP contribution in [0.5, 0.6) is 0 Å². The number of sulfone groups is 1. The van der Waals surface area contributed by atoms with Crippen LogP contribution in [0.1, 0.15) is 28.9 Å². The number of benzene rings is 2. The van der Waals surface area contributed by atoms with E-state index in [1.807, 2.05) is 0 Å². The fraction of sp³-hybridized carbons (Fsp3) is 0.188. The van der Waals surface area contributed by atoms with E-state index in [4.69, 9.17) is 5.11 Å². The van der Waals surface area contributed by atoms with E-state index in [1.165, 1.54) is 42.5 Å². The van der Waals surface area contributed by atoms with Crippen LogP contribution in [0.25, 0.3) is 0 Å². The van der Waals surface area contributed by atoms with Crippen molar-refractivity contribution in [1.29, 1.82) is 0 Å². The van der Waals surface area contributed by atoms with Gasteiger partial charge in [-0.1, -0.05) is 18.2 Å². The van der Waals surface area contributed by atoms with Gasteiger partial charge < -0.3 is 5.11 Å². The molecule has 1 unspecified atom stereocenters. The van der Waals surface area contributed by atoms with E-state index >= 15 is 0 Å². The highest BCUT2D eigenvalue weighted by Gasteiger charge is 2.20. The van der Waals surface area contributed by atoms with Gasteiger partial charge in [-0.05, 0) is 42.8 Å². The first-order valence-corrected chi connectivity index (χ1v) is 10.5. The summed E-state index contributed by atoms with van der Waals surface area (Å²) in [4.78, 5) is 11.0. The number of rotatable bonds is 6. The van der Waals surface area contributed by atoms with Crippen molar-refractivity contribution in [2.45, 2.75) is 22.8 Å². The molecule has 2 N–H and O–H groups in total. The van der Waals surface area contributed by atoms with Crippen LogP contribution in [-0.2, 0) is 19.9 Å². The summed E-state index contributed by atoms with van der Waals surface area (Å²) in [7, 11) is -7.26. The van der Waals surface area contributed by atoms with Crippen molar-refractivity contribution in [1.82, 2.24) is 4.72 Å². The Kier molecular flexibility index (Phi) is 5.31. The first-order chi connectivity index (χ1) is 11.5. The highest BCUT2D eigenvalue weighted by Crippen LogP contribution is 2.19. The molecule has 0 spiro atoms. The Morgan fingerprint density at radius 2 is 1.60 bits per heavy atom. The van der Waals surface area contributed by atoms with Crippen molar-refractivity contribution in [3.8, 4) is 0 Å². The monoisotopic (exact) mass is 383 g/mol. The third kappa shape index (κ3) is 4.65. The topological polar surface area (TPSA) is 118 Å². The lowest BCUT2D eigenvalue weighted by Crippen LogP contribution is -2.27. The van der Waals surface area contributed by atoms with Gasteiger partial charge >= 0.3 is 5.97 Å². The summed E-state index contributed by atoms with van der Waals surface area (Å²) in [5.41, 5.74) is 0.443. The van der Waals surface area contributed by atoms with Crippen LogP contribution in [0.4, 0.5) is 0 Å². The lowest BCUT2D eigenvalue weighted by atomic mass is 10.1. The summed E-state index contributed by atoms with van der Waals surface area (Å²) in [6.45, 7) is 1.61. The Morgan fingerprint density at radius 3 is 2.12 bits per heavy atom. The third-order valence-corrected chi connectivity index (χ3v) is 6.20. The molecule has 2 rings (SSSR count). The molecule has 2 aromatic carbocycles. The van der Waals surface area contributed by atoms with E-state index in [-0.39, 0.29) is 15.4 Å². The normalized spacial score (nSPS) is 13.4. The number of carbonyl (C=O) groups is 1. The second-order valence-corrected chi connectivity index (χ2v) is 9.25. The minimum Gasteiger partial charge on any atom is -0.478 e. The molecule has 0 aliphatic heterocycles. The fourth-order valence-corrected chi connectivity index (χ4v) is 4.08. The molecule has 0 aliphatic rings. The zero-order valence-corrected chi connectivity index (χ0v) is 15.1. The second kappa shape index (κ2) is 6.95. The van der Waals surface area contributed by atoms with Crippen LogP contribution < -0.4 is 4.72 Å². The SMILES string of the molecule is CC(NS(=O)(=O)c1cccc(C(=O)O)c1)c1ccc(S(C)(=O)=O)cc1. The fourth-order valence-electron chi connectivity index (χ4n) is 2.17. The van der Waals surface area contributed by atoms with Gasteiger partial charge in [-0.3, -0.25) is 0 Å². The Morgan fingerprint density at radius 1 is 1.00 bits per heavy atom. The van der Waals surface area contributed by atoms with Crippen molar-refractivity contribution >= 4 is 25.8 Å². The van der Waals surface area contributed by atoms with Crippen LogP contribution in [0.2, 0.25) is 0 Å². The first kappa shape index (κ1) is 19.1. The van der Waals surface area contributed by atoms with Gasteiger partial charge in [0.15, 0.2) is 9.84 Å². The quantitative estimate of drug-likeness (QED) is 0.786. The zero-order valence-electron chi connectivity index (χ0n) is 13.5. The average Bonchev–Trinajstić information content (AvgIpc) is 2.54. The van der Waals surface area contributed by atoms with E-state index in [0.29, 0.717) is 5.56 Å². The molecule has 0 bridgehead atoms. The molecule has 0 saturated carbocycles. The maximum Gasteiger partial charge on any atom is 0.335 e.